The van der Waals surface area contributed by atoms with E-state index in [0.717, 1.165) is 22.6 Å². The maximum Gasteiger partial charge on any atom is 0.250 e. The number of nitrogens with one attached hydrogen (secondary N) is 1. The molecule has 0 aliphatic heterocycles. The van der Waals surface area contributed by atoms with Gasteiger partial charge in [-0.2, -0.15) is 0 Å². The van der Waals surface area contributed by atoms with Gasteiger partial charge in [-0.15, -0.1) is 11.3 Å². The number of hydrogen-bond donors (Lipinski definition) is 1. The van der Waals surface area contributed by atoms with Gasteiger partial charge in [0.2, 0.25) is 10.0 Å². The van der Waals surface area contributed by atoms with Crippen LogP contribution in [0, 0.1) is 0 Å². The Balaban J connectivity index is 2.11. The molecule has 0 saturated carbocycles. The number of benzene rings is 1. The Morgan fingerprint density at radius 1 is 1.18 bits per heavy atom. The summed E-state index contributed by atoms with van der Waals surface area (Å²) < 4.78 is 33.0. The summed E-state index contributed by atoms with van der Waals surface area (Å²) in [5, 5.41) is 0. The molecule has 120 valence electrons. The zero-order valence-corrected chi connectivity index (χ0v) is 15.0. The van der Waals surface area contributed by atoms with Crippen LogP contribution >= 0.6 is 22.9 Å². The van der Waals surface area contributed by atoms with E-state index in [0.29, 0.717) is 4.34 Å². The van der Waals surface area contributed by atoms with Crippen molar-refractivity contribution in [2.75, 3.05) is 13.7 Å². The second-order valence-corrected chi connectivity index (χ2v) is 9.20. The Bertz CT molecular complexity index is 736. The largest absolute Gasteiger partial charge is 0.497 e. The lowest BCUT2D eigenvalue weighted by Crippen LogP contribution is -2.36. The van der Waals surface area contributed by atoms with Gasteiger partial charge in [0.05, 0.1) is 11.4 Å². The number of ether oxygens (including phenoxy) is 1. The van der Waals surface area contributed by atoms with Gasteiger partial charge in [-0.3, -0.25) is 0 Å². The summed E-state index contributed by atoms with van der Waals surface area (Å²) in [6.45, 7) is 4.26. The van der Waals surface area contributed by atoms with Crippen LogP contribution in [-0.4, -0.2) is 22.1 Å². The van der Waals surface area contributed by atoms with E-state index in [1.165, 1.54) is 6.07 Å². The fourth-order valence-electron chi connectivity index (χ4n) is 1.93. The molecule has 0 aliphatic rings. The molecule has 0 spiro atoms. The molecule has 1 N–H and O–H groups in total. The van der Waals surface area contributed by atoms with Crippen LogP contribution in [0.2, 0.25) is 4.34 Å². The van der Waals surface area contributed by atoms with Crippen LogP contribution in [0.3, 0.4) is 0 Å². The average Bonchev–Trinajstić information content (AvgIpc) is 2.93. The minimum Gasteiger partial charge on any atom is -0.497 e. The van der Waals surface area contributed by atoms with Gasteiger partial charge in [0.25, 0.3) is 0 Å². The quantitative estimate of drug-likeness (QED) is 0.856. The summed E-state index contributed by atoms with van der Waals surface area (Å²) in [6, 6.07) is 10.7. The van der Waals surface area contributed by atoms with Crippen LogP contribution in [0.15, 0.2) is 40.6 Å². The summed E-state index contributed by atoms with van der Waals surface area (Å²) in [5.74, 6) is 0.772. The highest BCUT2D eigenvalue weighted by molar-refractivity contribution is 7.91. The lowest BCUT2D eigenvalue weighted by atomic mass is 9.85. The molecule has 0 saturated heterocycles. The molecule has 0 amide bonds. The number of methoxy groups -OCH3 is 1. The second kappa shape index (κ2) is 6.58. The summed E-state index contributed by atoms with van der Waals surface area (Å²) in [7, 11) is -1.92. The Kier molecular flexibility index (Phi) is 5.17. The first-order chi connectivity index (χ1) is 10.2. The minimum atomic E-state index is -3.53. The number of sulfonamides is 1. The van der Waals surface area contributed by atoms with Crippen molar-refractivity contribution in [3.8, 4) is 5.75 Å². The number of rotatable bonds is 6. The van der Waals surface area contributed by atoms with Crippen molar-refractivity contribution < 1.29 is 13.2 Å². The Hall–Kier alpha value is -1.08. The molecular weight excluding hydrogens is 342 g/mol. The van der Waals surface area contributed by atoms with Gasteiger partial charge in [-0.25, -0.2) is 13.1 Å². The predicted molar refractivity (Wildman–Crippen MR) is 90.5 cm³/mol. The van der Waals surface area contributed by atoms with Crippen LogP contribution in [0.25, 0.3) is 0 Å². The van der Waals surface area contributed by atoms with E-state index in [4.69, 9.17) is 16.3 Å². The topological polar surface area (TPSA) is 55.4 Å². The van der Waals surface area contributed by atoms with Crippen LogP contribution in [0.4, 0.5) is 0 Å². The molecule has 0 aliphatic carbocycles. The number of halogens is 1. The number of hydrogen-bond acceptors (Lipinski definition) is 4. The Morgan fingerprint density at radius 2 is 1.82 bits per heavy atom. The van der Waals surface area contributed by atoms with Gasteiger partial charge in [-0.05, 0) is 29.8 Å². The lowest BCUT2D eigenvalue weighted by molar-refractivity contribution is 0.414. The number of thiophene rings is 1. The summed E-state index contributed by atoms with van der Waals surface area (Å²) in [6.07, 6.45) is 0. The third-order valence-corrected chi connectivity index (χ3v) is 6.51. The lowest BCUT2D eigenvalue weighted by Gasteiger charge is -2.25. The first-order valence-corrected chi connectivity index (χ1v) is 9.32. The van der Waals surface area contributed by atoms with E-state index in [2.05, 4.69) is 4.72 Å². The SMILES string of the molecule is COc1ccc(C(C)(C)CNS(=O)(=O)c2ccc(Cl)s2)cc1. The maximum atomic E-state index is 12.2. The van der Waals surface area contributed by atoms with E-state index in [1.807, 2.05) is 38.1 Å². The van der Waals surface area contributed by atoms with Crippen molar-refractivity contribution in [1.82, 2.24) is 4.72 Å². The normalized spacial score (nSPS) is 12.4. The van der Waals surface area contributed by atoms with E-state index in [1.54, 1.807) is 13.2 Å². The van der Waals surface area contributed by atoms with E-state index in [-0.39, 0.29) is 16.2 Å². The molecule has 0 unspecified atom stereocenters. The first kappa shape index (κ1) is 17.3. The minimum absolute atomic E-state index is 0.225. The first-order valence-electron chi connectivity index (χ1n) is 6.64. The molecule has 7 heteroatoms. The highest BCUT2D eigenvalue weighted by Crippen LogP contribution is 2.28. The highest BCUT2D eigenvalue weighted by atomic mass is 35.5. The summed E-state index contributed by atoms with van der Waals surface area (Å²) in [5.41, 5.74) is 0.681. The predicted octanol–water partition coefficient (Wildman–Crippen LogP) is 3.67. The molecular formula is C15H18ClNO3S2. The molecule has 22 heavy (non-hydrogen) atoms. The summed E-state index contributed by atoms with van der Waals surface area (Å²) >= 11 is 6.84. The van der Waals surface area contributed by atoms with Gasteiger partial charge in [0.15, 0.2) is 0 Å². The fraction of sp³-hybridized carbons (Fsp3) is 0.333. The fourth-order valence-corrected chi connectivity index (χ4v) is 4.67. The van der Waals surface area contributed by atoms with Crippen LogP contribution in [0.5, 0.6) is 5.75 Å². The van der Waals surface area contributed by atoms with Gasteiger partial charge < -0.3 is 4.74 Å². The zero-order chi connectivity index (χ0) is 16.4. The molecule has 1 heterocycles. The van der Waals surface area contributed by atoms with Crippen molar-refractivity contribution in [3.05, 3.63) is 46.3 Å². The van der Waals surface area contributed by atoms with E-state index < -0.39 is 10.0 Å². The Morgan fingerprint density at radius 3 is 2.32 bits per heavy atom. The molecule has 0 atom stereocenters. The van der Waals surface area contributed by atoms with E-state index >= 15 is 0 Å². The molecule has 4 nitrogen and oxygen atoms in total. The molecule has 1 aromatic carbocycles. The molecule has 2 rings (SSSR count). The van der Waals surface area contributed by atoms with Crippen LogP contribution in [-0.2, 0) is 15.4 Å². The monoisotopic (exact) mass is 359 g/mol. The molecule has 0 radical (unpaired) electrons. The van der Waals surface area contributed by atoms with Gasteiger partial charge in [-0.1, -0.05) is 37.6 Å². The molecule has 0 fully saturated rings. The maximum absolute atomic E-state index is 12.2. The van der Waals surface area contributed by atoms with Gasteiger partial charge in [0, 0.05) is 12.0 Å². The second-order valence-electron chi connectivity index (χ2n) is 5.50. The Labute approximate surface area is 140 Å². The third kappa shape index (κ3) is 4.01. The van der Waals surface area contributed by atoms with Crippen LogP contribution in [0.1, 0.15) is 19.4 Å². The van der Waals surface area contributed by atoms with Crippen LogP contribution < -0.4 is 9.46 Å². The smallest absolute Gasteiger partial charge is 0.250 e. The molecule has 0 bridgehead atoms. The summed E-state index contributed by atoms with van der Waals surface area (Å²) in [4.78, 5) is 0. The van der Waals surface area contributed by atoms with Gasteiger partial charge >= 0.3 is 0 Å². The van der Waals surface area contributed by atoms with Crippen molar-refractivity contribution in [3.63, 3.8) is 0 Å². The standard InChI is InChI=1S/C15H18ClNO3S2/c1-15(2,11-4-6-12(20-3)7-5-11)10-17-22(18,19)14-9-8-13(16)21-14/h4-9,17H,10H2,1-3H3. The average molecular weight is 360 g/mol. The van der Waals surface area contributed by atoms with E-state index in [9.17, 15) is 8.42 Å². The molecule has 1 aromatic heterocycles. The highest BCUT2D eigenvalue weighted by Gasteiger charge is 2.25. The van der Waals surface area contributed by atoms with Crippen molar-refractivity contribution in [1.29, 1.82) is 0 Å². The van der Waals surface area contributed by atoms with Gasteiger partial charge in [0.1, 0.15) is 9.96 Å². The van der Waals surface area contributed by atoms with Crippen molar-refractivity contribution in [2.45, 2.75) is 23.5 Å². The van der Waals surface area contributed by atoms with Crippen molar-refractivity contribution >= 4 is 33.0 Å². The third-order valence-electron chi connectivity index (χ3n) is 3.39. The van der Waals surface area contributed by atoms with Crippen molar-refractivity contribution in [2.24, 2.45) is 0 Å². The molecule has 2 aromatic rings. The zero-order valence-electron chi connectivity index (χ0n) is 12.6.